The molecule has 3 nitrogen and oxygen atoms in total. The van der Waals surface area contributed by atoms with Gasteiger partial charge in [0.15, 0.2) is 5.78 Å². The van der Waals surface area contributed by atoms with Crippen LogP contribution >= 0.6 is 0 Å². The van der Waals surface area contributed by atoms with Crippen LogP contribution in [0.25, 0.3) is 0 Å². The van der Waals surface area contributed by atoms with E-state index in [1.54, 1.807) is 0 Å². The van der Waals surface area contributed by atoms with Gasteiger partial charge in [0.1, 0.15) is 5.92 Å². The predicted octanol–water partition coefficient (Wildman–Crippen LogP) is 4.94. The van der Waals surface area contributed by atoms with Crippen LogP contribution in [0.4, 0.5) is 0 Å². The quantitative estimate of drug-likeness (QED) is 0.308. The van der Waals surface area contributed by atoms with Crippen LogP contribution in [-0.4, -0.2) is 18.4 Å². The predicted molar refractivity (Wildman–Crippen MR) is 96.3 cm³/mol. The molecule has 1 aromatic rings. The van der Waals surface area contributed by atoms with Crippen molar-refractivity contribution in [2.45, 2.75) is 66.2 Å². The van der Waals surface area contributed by atoms with Crippen molar-refractivity contribution in [1.29, 1.82) is 0 Å². The highest BCUT2D eigenvalue weighted by Crippen LogP contribution is 2.35. The van der Waals surface area contributed by atoms with E-state index in [2.05, 4.69) is 6.92 Å². The first-order valence-corrected chi connectivity index (χ1v) is 9.24. The number of ether oxygens (including phenoxy) is 1. The molecule has 3 heteroatoms. The summed E-state index contributed by atoms with van der Waals surface area (Å²) < 4.78 is 5.44. The van der Waals surface area contributed by atoms with Crippen LogP contribution in [-0.2, 0) is 9.53 Å². The zero-order valence-electron chi connectivity index (χ0n) is 15.5. The molecule has 1 aliphatic carbocycles. The maximum Gasteiger partial charge on any atom is 0.317 e. The van der Waals surface area contributed by atoms with Crippen molar-refractivity contribution in [2.24, 2.45) is 11.8 Å². The van der Waals surface area contributed by atoms with E-state index in [0.29, 0.717) is 12.2 Å². The molecule has 0 bridgehead atoms. The van der Waals surface area contributed by atoms with Gasteiger partial charge in [-0.3, -0.25) is 9.59 Å². The molecule has 132 valence electrons. The fourth-order valence-electron chi connectivity index (χ4n) is 3.94. The highest BCUT2D eigenvalue weighted by atomic mass is 16.5. The lowest BCUT2D eigenvalue weighted by molar-refractivity contribution is -0.148. The van der Waals surface area contributed by atoms with Gasteiger partial charge in [-0.25, -0.2) is 0 Å². The summed E-state index contributed by atoms with van der Waals surface area (Å²) in [7, 11) is 0. The maximum atomic E-state index is 13.3. The zero-order chi connectivity index (χ0) is 17.7. The minimum atomic E-state index is -0.635. The summed E-state index contributed by atoms with van der Waals surface area (Å²) in [5.74, 6) is -0.866. The van der Waals surface area contributed by atoms with Gasteiger partial charge in [0.05, 0.1) is 6.61 Å². The summed E-state index contributed by atoms with van der Waals surface area (Å²) in [6.07, 6.45) is 5.92. The standard InChI is InChI=1S/C21H30O3/c1-5-6-11-24-21(23)19(17-9-7-8-10-17)20(22)18-15(3)12-14(2)13-16(18)4/h12-13,17,19H,5-11H2,1-4H3. The molecule has 24 heavy (non-hydrogen) atoms. The highest BCUT2D eigenvalue weighted by molar-refractivity contribution is 6.10. The van der Waals surface area contributed by atoms with E-state index in [0.717, 1.165) is 55.2 Å². The fourth-order valence-corrected chi connectivity index (χ4v) is 3.94. The van der Waals surface area contributed by atoms with Crippen molar-refractivity contribution < 1.29 is 14.3 Å². The Balaban J connectivity index is 2.29. The molecule has 1 fully saturated rings. The van der Waals surface area contributed by atoms with Gasteiger partial charge in [-0.1, -0.05) is 43.9 Å². The smallest absolute Gasteiger partial charge is 0.317 e. The zero-order valence-corrected chi connectivity index (χ0v) is 15.5. The first-order valence-electron chi connectivity index (χ1n) is 9.24. The third-order valence-electron chi connectivity index (χ3n) is 5.07. The number of ketones is 1. The average molecular weight is 330 g/mol. The van der Waals surface area contributed by atoms with Crippen molar-refractivity contribution >= 4 is 11.8 Å². The molecule has 0 spiro atoms. The van der Waals surface area contributed by atoms with Crippen LogP contribution in [0.3, 0.4) is 0 Å². The van der Waals surface area contributed by atoms with Gasteiger partial charge in [0.25, 0.3) is 0 Å². The van der Waals surface area contributed by atoms with Crippen molar-refractivity contribution in [3.8, 4) is 0 Å². The molecule has 0 heterocycles. The fraction of sp³-hybridized carbons (Fsp3) is 0.619. The molecule has 2 rings (SSSR count). The Morgan fingerprint density at radius 2 is 1.71 bits per heavy atom. The largest absolute Gasteiger partial charge is 0.465 e. The minimum Gasteiger partial charge on any atom is -0.465 e. The second-order valence-electron chi connectivity index (χ2n) is 7.18. The average Bonchev–Trinajstić information content (AvgIpc) is 3.00. The number of carbonyl (C=O) groups is 2. The van der Waals surface area contributed by atoms with E-state index in [4.69, 9.17) is 4.74 Å². The summed E-state index contributed by atoms with van der Waals surface area (Å²) in [4.78, 5) is 25.9. The Morgan fingerprint density at radius 3 is 2.25 bits per heavy atom. The van der Waals surface area contributed by atoms with Crippen LogP contribution < -0.4 is 0 Å². The second kappa shape index (κ2) is 8.46. The number of esters is 1. The summed E-state index contributed by atoms with van der Waals surface area (Å²) in [6, 6.07) is 4.04. The van der Waals surface area contributed by atoms with Gasteiger partial charge < -0.3 is 4.74 Å². The van der Waals surface area contributed by atoms with Gasteiger partial charge in [0.2, 0.25) is 0 Å². The van der Waals surface area contributed by atoms with Crippen LogP contribution in [0.15, 0.2) is 12.1 Å². The van der Waals surface area contributed by atoms with Gasteiger partial charge in [0, 0.05) is 5.56 Å². The van der Waals surface area contributed by atoms with Crippen LogP contribution in [0.2, 0.25) is 0 Å². The van der Waals surface area contributed by atoms with E-state index in [1.807, 2.05) is 32.9 Å². The summed E-state index contributed by atoms with van der Waals surface area (Å²) in [6.45, 7) is 8.43. The number of hydrogen-bond acceptors (Lipinski definition) is 3. The second-order valence-corrected chi connectivity index (χ2v) is 7.18. The van der Waals surface area contributed by atoms with Gasteiger partial charge >= 0.3 is 5.97 Å². The van der Waals surface area contributed by atoms with Gasteiger partial charge in [-0.2, -0.15) is 0 Å². The Morgan fingerprint density at radius 1 is 1.12 bits per heavy atom. The molecule has 0 aliphatic heterocycles. The first-order chi connectivity index (χ1) is 11.5. The molecule has 0 N–H and O–H groups in total. The van der Waals surface area contributed by atoms with Gasteiger partial charge in [-0.05, 0) is 57.1 Å². The lowest BCUT2D eigenvalue weighted by atomic mass is 9.82. The molecule has 1 atom stereocenters. The van der Waals surface area contributed by atoms with Crippen molar-refractivity contribution in [2.75, 3.05) is 6.61 Å². The molecule has 1 saturated carbocycles. The molecule has 0 saturated heterocycles. The third kappa shape index (κ3) is 4.25. The van der Waals surface area contributed by atoms with E-state index in [-0.39, 0.29) is 17.7 Å². The lowest BCUT2D eigenvalue weighted by Crippen LogP contribution is -2.33. The molecule has 1 unspecified atom stereocenters. The van der Waals surface area contributed by atoms with Crippen molar-refractivity contribution in [3.63, 3.8) is 0 Å². The monoisotopic (exact) mass is 330 g/mol. The minimum absolute atomic E-state index is 0.0431. The van der Waals surface area contributed by atoms with E-state index < -0.39 is 5.92 Å². The summed E-state index contributed by atoms with van der Waals surface area (Å²) >= 11 is 0. The van der Waals surface area contributed by atoms with Crippen LogP contribution in [0.5, 0.6) is 0 Å². The Labute approximate surface area is 145 Å². The number of aryl methyl sites for hydroxylation is 3. The Kier molecular flexibility index (Phi) is 6.59. The number of hydrogen-bond donors (Lipinski definition) is 0. The summed E-state index contributed by atoms with van der Waals surface area (Å²) in [5, 5.41) is 0. The topological polar surface area (TPSA) is 43.4 Å². The molecule has 1 aliphatic rings. The molecular formula is C21H30O3. The molecule has 0 radical (unpaired) electrons. The number of Topliss-reactive ketones (excluding diaryl/α,β-unsaturated/α-hetero) is 1. The maximum absolute atomic E-state index is 13.3. The highest BCUT2D eigenvalue weighted by Gasteiger charge is 2.38. The number of rotatable bonds is 7. The Hall–Kier alpha value is -1.64. The number of unbranched alkanes of at least 4 members (excludes halogenated alkanes) is 1. The first kappa shape index (κ1) is 18.7. The Bertz CT molecular complexity index is 574. The van der Waals surface area contributed by atoms with Crippen molar-refractivity contribution in [3.05, 3.63) is 34.4 Å². The van der Waals surface area contributed by atoms with Crippen molar-refractivity contribution in [1.82, 2.24) is 0 Å². The SMILES string of the molecule is CCCCOC(=O)C(C(=O)c1c(C)cc(C)cc1C)C1CCCC1. The molecule has 0 amide bonds. The number of benzene rings is 1. The number of carbonyl (C=O) groups excluding carboxylic acids is 2. The van der Waals surface area contributed by atoms with E-state index >= 15 is 0 Å². The molecule has 1 aromatic carbocycles. The van der Waals surface area contributed by atoms with E-state index in [9.17, 15) is 9.59 Å². The molecular weight excluding hydrogens is 300 g/mol. The molecule has 0 aromatic heterocycles. The van der Waals surface area contributed by atoms with E-state index in [1.165, 1.54) is 0 Å². The summed E-state index contributed by atoms with van der Waals surface area (Å²) in [5.41, 5.74) is 3.78. The van der Waals surface area contributed by atoms with Crippen LogP contribution in [0.1, 0.15) is 72.5 Å². The van der Waals surface area contributed by atoms with Gasteiger partial charge in [-0.15, -0.1) is 0 Å². The third-order valence-corrected chi connectivity index (χ3v) is 5.07. The van der Waals surface area contributed by atoms with Crippen LogP contribution in [0, 0.1) is 32.6 Å². The normalized spacial score (nSPS) is 16.2. The lowest BCUT2D eigenvalue weighted by Gasteiger charge is -2.22.